The van der Waals surface area contributed by atoms with E-state index < -0.39 is 5.60 Å². The number of benzene rings is 1. The predicted octanol–water partition coefficient (Wildman–Crippen LogP) is 4.40. The van der Waals surface area contributed by atoms with Crippen LogP contribution in [0.15, 0.2) is 12.1 Å². The Labute approximate surface area is 142 Å². The summed E-state index contributed by atoms with van der Waals surface area (Å²) in [6.07, 6.45) is 1.31. The Kier molecular flexibility index (Phi) is 4.09. The van der Waals surface area contributed by atoms with Gasteiger partial charge in [0.25, 0.3) is 0 Å². The van der Waals surface area contributed by atoms with Crippen LogP contribution in [0, 0.1) is 6.92 Å². The van der Waals surface area contributed by atoms with E-state index in [0.29, 0.717) is 19.7 Å². The first-order valence-electron chi connectivity index (χ1n) is 8.12. The van der Waals surface area contributed by atoms with Crippen LogP contribution < -0.4 is 0 Å². The summed E-state index contributed by atoms with van der Waals surface area (Å²) < 4.78 is 11.6. The number of carbonyl (C=O) groups is 1. The van der Waals surface area contributed by atoms with E-state index in [9.17, 15) is 4.79 Å². The first-order valence-corrected chi connectivity index (χ1v) is 8.49. The third kappa shape index (κ3) is 3.20. The lowest BCUT2D eigenvalue weighted by Crippen LogP contribution is -2.46. The van der Waals surface area contributed by atoms with Crippen molar-refractivity contribution in [1.29, 1.82) is 0 Å². The van der Waals surface area contributed by atoms with E-state index in [4.69, 9.17) is 21.1 Å². The number of amides is 1. The molecule has 1 saturated heterocycles. The van der Waals surface area contributed by atoms with Gasteiger partial charge in [-0.25, -0.2) is 4.79 Å². The van der Waals surface area contributed by atoms with Crippen LogP contribution in [0.3, 0.4) is 0 Å². The summed E-state index contributed by atoms with van der Waals surface area (Å²) in [4.78, 5) is 14.0. The van der Waals surface area contributed by atoms with Crippen molar-refractivity contribution in [2.75, 3.05) is 13.1 Å². The van der Waals surface area contributed by atoms with Crippen LogP contribution in [0.2, 0.25) is 5.02 Å². The lowest BCUT2D eigenvalue weighted by atomic mass is 9.83. The van der Waals surface area contributed by atoms with Gasteiger partial charge in [0, 0.05) is 18.1 Å². The number of carbonyl (C=O) groups excluding carboxylic acids is 1. The Morgan fingerprint density at radius 2 is 1.96 bits per heavy atom. The monoisotopic (exact) mass is 337 g/mol. The Bertz CT molecular complexity index is 628. The maximum Gasteiger partial charge on any atom is 0.410 e. The van der Waals surface area contributed by atoms with Crippen molar-refractivity contribution in [3.05, 3.63) is 33.8 Å². The van der Waals surface area contributed by atoms with E-state index in [0.717, 1.165) is 23.4 Å². The zero-order valence-corrected chi connectivity index (χ0v) is 15.0. The maximum atomic E-state index is 12.2. The highest BCUT2D eigenvalue weighted by molar-refractivity contribution is 6.31. The van der Waals surface area contributed by atoms with Crippen LogP contribution in [0.4, 0.5) is 4.79 Å². The fraction of sp³-hybridized carbons (Fsp3) is 0.611. The summed E-state index contributed by atoms with van der Waals surface area (Å²) in [5.41, 5.74) is 2.73. The summed E-state index contributed by atoms with van der Waals surface area (Å²) in [5, 5.41) is 0.781. The fourth-order valence-corrected chi connectivity index (χ4v) is 3.53. The van der Waals surface area contributed by atoms with Crippen molar-refractivity contribution in [3.63, 3.8) is 0 Å². The highest BCUT2D eigenvalue weighted by Gasteiger charge is 2.44. The number of nitrogens with zero attached hydrogens (tertiary/aromatic N) is 1. The van der Waals surface area contributed by atoms with Crippen LogP contribution >= 0.6 is 11.6 Å². The van der Waals surface area contributed by atoms with Crippen LogP contribution in [0.1, 0.15) is 50.3 Å². The molecule has 2 aliphatic heterocycles. The molecule has 0 aliphatic carbocycles. The highest BCUT2D eigenvalue weighted by atomic mass is 35.5. The number of ether oxygens (including phenoxy) is 2. The third-order valence-corrected chi connectivity index (χ3v) is 5.01. The molecular formula is C18H24ClNO3. The smallest absolute Gasteiger partial charge is 0.410 e. The first kappa shape index (κ1) is 16.6. The van der Waals surface area contributed by atoms with Gasteiger partial charge in [-0.2, -0.15) is 0 Å². The molecule has 0 aromatic heterocycles. The number of hydrogen-bond donors (Lipinski definition) is 0. The lowest BCUT2D eigenvalue weighted by molar-refractivity contribution is -0.0797. The second-order valence-electron chi connectivity index (χ2n) is 7.51. The molecule has 126 valence electrons. The summed E-state index contributed by atoms with van der Waals surface area (Å²) in [6.45, 7) is 9.57. The Balaban J connectivity index is 1.73. The number of hydrogen-bond acceptors (Lipinski definition) is 3. The lowest BCUT2D eigenvalue weighted by Gasteiger charge is -2.39. The van der Waals surface area contributed by atoms with Crippen molar-refractivity contribution in [2.45, 2.75) is 58.3 Å². The quantitative estimate of drug-likeness (QED) is 0.704. The zero-order valence-electron chi connectivity index (χ0n) is 14.2. The van der Waals surface area contributed by atoms with Gasteiger partial charge in [0.15, 0.2) is 0 Å². The molecule has 3 rings (SSSR count). The van der Waals surface area contributed by atoms with E-state index in [1.165, 1.54) is 11.1 Å². The normalized spacial score (nSPS) is 19.8. The Morgan fingerprint density at radius 3 is 2.57 bits per heavy atom. The number of rotatable bonds is 0. The van der Waals surface area contributed by atoms with Gasteiger partial charge < -0.3 is 14.4 Å². The molecule has 0 N–H and O–H groups in total. The minimum absolute atomic E-state index is 0.243. The van der Waals surface area contributed by atoms with E-state index in [1.807, 2.05) is 33.8 Å². The highest BCUT2D eigenvalue weighted by Crippen LogP contribution is 2.45. The number of halogens is 1. The molecular weight excluding hydrogens is 314 g/mol. The van der Waals surface area contributed by atoms with Crippen molar-refractivity contribution >= 4 is 17.7 Å². The van der Waals surface area contributed by atoms with Crippen LogP contribution in [0.5, 0.6) is 0 Å². The second-order valence-corrected chi connectivity index (χ2v) is 7.92. The Morgan fingerprint density at radius 1 is 1.30 bits per heavy atom. The molecule has 0 radical (unpaired) electrons. The van der Waals surface area contributed by atoms with Crippen molar-refractivity contribution < 1.29 is 14.3 Å². The SMILES string of the molecule is Cc1cc2c(cc1Cl)C1(CCN(C(=O)OC(C)(C)C)CC1)OC2. The number of piperidine rings is 1. The molecule has 1 aromatic carbocycles. The van der Waals surface area contributed by atoms with Gasteiger partial charge in [0.2, 0.25) is 0 Å². The summed E-state index contributed by atoms with van der Waals surface area (Å²) >= 11 is 6.31. The van der Waals surface area contributed by atoms with Gasteiger partial charge in [0.05, 0.1) is 12.2 Å². The van der Waals surface area contributed by atoms with Crippen molar-refractivity contribution in [1.82, 2.24) is 4.90 Å². The van der Waals surface area contributed by atoms with Gasteiger partial charge in [-0.1, -0.05) is 17.7 Å². The van der Waals surface area contributed by atoms with Gasteiger partial charge in [-0.3, -0.25) is 0 Å². The molecule has 1 spiro atoms. The molecule has 0 saturated carbocycles. The predicted molar refractivity (Wildman–Crippen MR) is 89.7 cm³/mol. The molecule has 1 aromatic rings. The largest absolute Gasteiger partial charge is 0.444 e. The standard InChI is InChI=1S/C18H24ClNO3/c1-12-9-13-11-22-18(14(13)10-15(12)19)5-7-20(8-6-18)16(21)23-17(2,3)4/h9-10H,5-8,11H2,1-4H3. The number of fused-ring (bicyclic) bond motifs is 2. The minimum atomic E-state index is -0.465. The first-order chi connectivity index (χ1) is 10.7. The van der Waals surface area contributed by atoms with Crippen molar-refractivity contribution in [2.24, 2.45) is 0 Å². The average Bonchev–Trinajstić information content (AvgIpc) is 2.77. The molecule has 4 nitrogen and oxygen atoms in total. The molecule has 2 aliphatic rings. The van der Waals surface area contributed by atoms with E-state index >= 15 is 0 Å². The van der Waals surface area contributed by atoms with Crippen LogP contribution in [-0.4, -0.2) is 29.7 Å². The molecule has 23 heavy (non-hydrogen) atoms. The number of aryl methyl sites for hydroxylation is 1. The topological polar surface area (TPSA) is 38.8 Å². The van der Waals surface area contributed by atoms with Gasteiger partial charge in [0.1, 0.15) is 5.60 Å². The second kappa shape index (κ2) is 5.67. The Hall–Kier alpha value is -1.26. The fourth-order valence-electron chi connectivity index (χ4n) is 3.37. The van der Waals surface area contributed by atoms with Crippen LogP contribution in [-0.2, 0) is 21.7 Å². The summed E-state index contributed by atoms with van der Waals surface area (Å²) in [5.74, 6) is 0. The molecule has 0 unspecified atom stereocenters. The van der Waals surface area contributed by atoms with E-state index in [1.54, 1.807) is 4.90 Å². The molecule has 1 fully saturated rings. The van der Waals surface area contributed by atoms with Gasteiger partial charge in [-0.15, -0.1) is 0 Å². The van der Waals surface area contributed by atoms with Crippen molar-refractivity contribution in [3.8, 4) is 0 Å². The van der Waals surface area contributed by atoms with Gasteiger partial charge in [-0.05, 0) is 63.3 Å². The molecule has 0 bridgehead atoms. The molecule has 1 amide bonds. The zero-order chi connectivity index (χ0) is 16.8. The minimum Gasteiger partial charge on any atom is -0.444 e. The average molecular weight is 338 g/mol. The van der Waals surface area contributed by atoms with E-state index in [2.05, 4.69) is 6.07 Å². The molecule has 0 atom stereocenters. The van der Waals surface area contributed by atoms with Crippen LogP contribution in [0.25, 0.3) is 0 Å². The maximum absolute atomic E-state index is 12.2. The van der Waals surface area contributed by atoms with Gasteiger partial charge >= 0.3 is 6.09 Å². The molecule has 2 heterocycles. The number of likely N-dealkylation sites (tertiary alicyclic amines) is 1. The van der Waals surface area contributed by atoms with E-state index in [-0.39, 0.29) is 11.7 Å². The third-order valence-electron chi connectivity index (χ3n) is 4.60. The summed E-state index contributed by atoms with van der Waals surface area (Å²) in [6, 6.07) is 4.16. The summed E-state index contributed by atoms with van der Waals surface area (Å²) in [7, 11) is 0. The molecule has 5 heteroatoms.